The predicted molar refractivity (Wildman–Crippen MR) is 74.9 cm³/mol. The highest BCUT2D eigenvalue weighted by Gasteiger charge is 2.15. The first-order valence-electron chi connectivity index (χ1n) is 5.92. The molecule has 18 heavy (non-hydrogen) atoms. The van der Waals surface area contributed by atoms with Crippen LogP contribution < -0.4 is 5.32 Å². The van der Waals surface area contributed by atoms with Crippen molar-refractivity contribution in [3.05, 3.63) is 28.5 Å². The summed E-state index contributed by atoms with van der Waals surface area (Å²) in [5, 5.41) is 14.3. The number of hydrogen-bond acceptors (Lipinski definition) is 5. The van der Waals surface area contributed by atoms with E-state index in [2.05, 4.69) is 34.3 Å². The van der Waals surface area contributed by atoms with Crippen molar-refractivity contribution in [2.45, 2.75) is 26.3 Å². The zero-order valence-corrected chi connectivity index (χ0v) is 11.9. The lowest BCUT2D eigenvalue weighted by Crippen LogP contribution is -2.19. The number of nitrogens with zero attached hydrogens (tertiary/aromatic N) is 3. The molecule has 96 valence electrons. The number of nitrogens with one attached hydrogen (secondary N) is 1. The second-order valence-corrected chi connectivity index (χ2v) is 5.24. The van der Waals surface area contributed by atoms with Crippen molar-refractivity contribution in [2.75, 3.05) is 6.54 Å². The summed E-state index contributed by atoms with van der Waals surface area (Å²) in [5.74, 6) is 0. The standard InChI is InChI=1S/C12H15ClN4S/c1-3-10(15-4-2)12-17-16-11(18-12)8-5-6-14-7-9(8)13/h5-7,10,15H,3-4H2,1-2H3. The summed E-state index contributed by atoms with van der Waals surface area (Å²) in [7, 11) is 0. The molecule has 1 N–H and O–H groups in total. The summed E-state index contributed by atoms with van der Waals surface area (Å²) in [5.41, 5.74) is 0.891. The highest BCUT2D eigenvalue weighted by Crippen LogP contribution is 2.31. The smallest absolute Gasteiger partial charge is 0.149 e. The Hall–Kier alpha value is -1.04. The van der Waals surface area contributed by atoms with Gasteiger partial charge in [-0.1, -0.05) is 36.8 Å². The predicted octanol–water partition coefficient (Wildman–Crippen LogP) is 3.31. The summed E-state index contributed by atoms with van der Waals surface area (Å²) in [6, 6.07) is 2.13. The van der Waals surface area contributed by atoms with Crippen molar-refractivity contribution in [1.82, 2.24) is 20.5 Å². The highest BCUT2D eigenvalue weighted by molar-refractivity contribution is 7.14. The lowest BCUT2D eigenvalue weighted by molar-refractivity contribution is 0.531. The molecule has 1 unspecified atom stereocenters. The fourth-order valence-corrected chi connectivity index (χ4v) is 2.99. The van der Waals surface area contributed by atoms with E-state index in [9.17, 15) is 0 Å². The van der Waals surface area contributed by atoms with E-state index in [1.807, 2.05) is 6.07 Å². The minimum Gasteiger partial charge on any atom is -0.308 e. The van der Waals surface area contributed by atoms with Crippen LogP contribution in [0.2, 0.25) is 5.02 Å². The van der Waals surface area contributed by atoms with E-state index in [1.165, 1.54) is 0 Å². The molecule has 0 bridgehead atoms. The third-order valence-electron chi connectivity index (χ3n) is 2.60. The summed E-state index contributed by atoms with van der Waals surface area (Å²) in [4.78, 5) is 3.97. The van der Waals surface area contributed by atoms with Gasteiger partial charge in [0.1, 0.15) is 10.0 Å². The van der Waals surface area contributed by atoms with Gasteiger partial charge >= 0.3 is 0 Å². The van der Waals surface area contributed by atoms with Crippen LogP contribution in [0, 0.1) is 0 Å². The molecule has 2 aromatic rings. The Labute approximate surface area is 115 Å². The van der Waals surface area contributed by atoms with Crippen molar-refractivity contribution in [3.63, 3.8) is 0 Å². The average Bonchev–Trinajstić information content (AvgIpc) is 2.85. The highest BCUT2D eigenvalue weighted by atomic mass is 35.5. The molecule has 0 aromatic carbocycles. The average molecular weight is 283 g/mol. The molecular weight excluding hydrogens is 268 g/mol. The zero-order valence-electron chi connectivity index (χ0n) is 10.4. The Morgan fingerprint density at radius 2 is 2.22 bits per heavy atom. The molecule has 0 fully saturated rings. The monoisotopic (exact) mass is 282 g/mol. The van der Waals surface area contributed by atoms with Crippen LogP contribution in [-0.4, -0.2) is 21.7 Å². The van der Waals surface area contributed by atoms with E-state index < -0.39 is 0 Å². The number of rotatable bonds is 5. The molecule has 0 radical (unpaired) electrons. The molecule has 0 spiro atoms. The molecule has 0 aliphatic carbocycles. The van der Waals surface area contributed by atoms with Crippen molar-refractivity contribution in [1.29, 1.82) is 0 Å². The van der Waals surface area contributed by atoms with Crippen molar-refractivity contribution in [2.24, 2.45) is 0 Å². The second-order valence-electron chi connectivity index (χ2n) is 3.82. The molecule has 2 rings (SSSR count). The molecule has 2 aromatic heterocycles. The van der Waals surface area contributed by atoms with Crippen LogP contribution >= 0.6 is 22.9 Å². The molecule has 2 heterocycles. The van der Waals surface area contributed by atoms with E-state index in [0.717, 1.165) is 28.5 Å². The van der Waals surface area contributed by atoms with E-state index in [-0.39, 0.29) is 6.04 Å². The number of pyridine rings is 1. The molecule has 0 saturated carbocycles. The summed E-state index contributed by atoms with van der Waals surface area (Å²) < 4.78 is 0. The van der Waals surface area contributed by atoms with E-state index in [4.69, 9.17) is 11.6 Å². The van der Waals surface area contributed by atoms with Gasteiger partial charge in [0.2, 0.25) is 0 Å². The second kappa shape index (κ2) is 6.22. The minimum atomic E-state index is 0.266. The molecular formula is C12H15ClN4S. The Kier molecular flexibility index (Phi) is 4.63. The Morgan fingerprint density at radius 1 is 1.39 bits per heavy atom. The van der Waals surface area contributed by atoms with Gasteiger partial charge in [-0.05, 0) is 19.0 Å². The first-order chi connectivity index (χ1) is 8.76. The van der Waals surface area contributed by atoms with Gasteiger partial charge in [-0.25, -0.2) is 0 Å². The Morgan fingerprint density at radius 3 is 2.89 bits per heavy atom. The van der Waals surface area contributed by atoms with Crippen molar-refractivity contribution < 1.29 is 0 Å². The SMILES string of the molecule is CCNC(CC)c1nnc(-c2ccncc2Cl)s1. The van der Waals surface area contributed by atoms with E-state index in [1.54, 1.807) is 23.7 Å². The van der Waals surface area contributed by atoms with Crippen LogP contribution in [0.25, 0.3) is 10.6 Å². The van der Waals surface area contributed by atoms with Crippen LogP contribution in [0.3, 0.4) is 0 Å². The third kappa shape index (κ3) is 2.85. The zero-order chi connectivity index (χ0) is 13.0. The summed E-state index contributed by atoms with van der Waals surface area (Å²) in [6.45, 7) is 5.14. The van der Waals surface area contributed by atoms with Crippen molar-refractivity contribution >= 4 is 22.9 Å². The summed E-state index contributed by atoms with van der Waals surface area (Å²) in [6.07, 6.45) is 4.33. The number of aromatic nitrogens is 3. The molecule has 4 nitrogen and oxygen atoms in total. The van der Waals surface area contributed by atoms with Gasteiger partial charge in [0.15, 0.2) is 0 Å². The van der Waals surface area contributed by atoms with Gasteiger partial charge in [0.25, 0.3) is 0 Å². The van der Waals surface area contributed by atoms with E-state index >= 15 is 0 Å². The Balaban J connectivity index is 2.28. The third-order valence-corrected chi connectivity index (χ3v) is 3.97. The Bertz CT molecular complexity index is 514. The molecule has 1 atom stereocenters. The van der Waals surface area contributed by atoms with Crippen LogP contribution in [0.15, 0.2) is 18.5 Å². The van der Waals surface area contributed by atoms with Crippen LogP contribution in [0.5, 0.6) is 0 Å². The molecule has 0 saturated heterocycles. The van der Waals surface area contributed by atoms with Crippen LogP contribution in [-0.2, 0) is 0 Å². The lowest BCUT2D eigenvalue weighted by atomic mass is 10.2. The topological polar surface area (TPSA) is 50.7 Å². The van der Waals surface area contributed by atoms with E-state index in [0.29, 0.717) is 5.02 Å². The largest absolute Gasteiger partial charge is 0.308 e. The summed E-state index contributed by atoms with van der Waals surface area (Å²) >= 11 is 7.68. The quantitative estimate of drug-likeness (QED) is 0.914. The minimum absolute atomic E-state index is 0.266. The number of hydrogen-bond donors (Lipinski definition) is 1. The maximum atomic E-state index is 6.10. The maximum absolute atomic E-state index is 6.10. The van der Waals surface area contributed by atoms with Crippen LogP contribution in [0.1, 0.15) is 31.3 Å². The van der Waals surface area contributed by atoms with Gasteiger partial charge < -0.3 is 5.32 Å². The molecule has 0 aliphatic rings. The normalized spacial score (nSPS) is 12.6. The van der Waals surface area contributed by atoms with Gasteiger partial charge in [0.05, 0.1) is 11.1 Å². The van der Waals surface area contributed by atoms with Gasteiger partial charge in [-0.2, -0.15) is 0 Å². The van der Waals surface area contributed by atoms with Gasteiger partial charge in [-0.3, -0.25) is 4.98 Å². The van der Waals surface area contributed by atoms with Crippen LogP contribution in [0.4, 0.5) is 0 Å². The lowest BCUT2D eigenvalue weighted by Gasteiger charge is -2.10. The first-order valence-corrected chi connectivity index (χ1v) is 7.12. The number of halogens is 1. The van der Waals surface area contributed by atoms with Gasteiger partial charge in [-0.15, -0.1) is 10.2 Å². The van der Waals surface area contributed by atoms with Gasteiger partial charge in [0, 0.05) is 18.0 Å². The van der Waals surface area contributed by atoms with Crippen molar-refractivity contribution in [3.8, 4) is 10.6 Å². The molecule has 0 amide bonds. The fourth-order valence-electron chi connectivity index (χ4n) is 1.69. The molecule has 6 heteroatoms. The fraction of sp³-hybridized carbons (Fsp3) is 0.417. The molecule has 0 aliphatic heterocycles. The maximum Gasteiger partial charge on any atom is 0.149 e. The first kappa shape index (κ1) is 13.4.